The van der Waals surface area contributed by atoms with Gasteiger partial charge in [0, 0.05) is 17.1 Å². The van der Waals surface area contributed by atoms with Crippen LogP contribution in [0.3, 0.4) is 0 Å². The Labute approximate surface area is 115 Å². The van der Waals surface area contributed by atoms with E-state index in [2.05, 4.69) is 5.32 Å². The quantitative estimate of drug-likeness (QED) is 0.636. The van der Waals surface area contributed by atoms with Gasteiger partial charge in [0.15, 0.2) is 6.04 Å². The van der Waals surface area contributed by atoms with Gasteiger partial charge in [-0.1, -0.05) is 29.8 Å². The van der Waals surface area contributed by atoms with Crippen LogP contribution in [0.5, 0.6) is 0 Å². The highest BCUT2D eigenvalue weighted by Crippen LogP contribution is 2.22. The van der Waals surface area contributed by atoms with Crippen LogP contribution in [0.2, 0.25) is 5.02 Å². The lowest BCUT2D eigenvalue weighted by molar-refractivity contribution is -0.142. The molecule has 0 aliphatic carbocycles. The van der Waals surface area contributed by atoms with Crippen molar-refractivity contribution in [3.8, 4) is 0 Å². The molecule has 4 N–H and O–H groups in total. The van der Waals surface area contributed by atoms with Crippen LogP contribution in [0.15, 0.2) is 24.3 Å². The highest BCUT2D eigenvalue weighted by atomic mass is 35.5. The smallest absolute Gasteiger partial charge is 0.330 e. The van der Waals surface area contributed by atoms with Gasteiger partial charge >= 0.3 is 5.97 Å². The number of amides is 1. The van der Waals surface area contributed by atoms with Crippen LogP contribution in [0.25, 0.3) is 0 Å². The van der Waals surface area contributed by atoms with E-state index in [-0.39, 0.29) is 18.2 Å². The molecular weight excluding hydrogens is 272 g/mol. The maximum atomic E-state index is 11.5. The first-order valence-electron chi connectivity index (χ1n) is 5.60. The molecule has 1 amide bonds. The summed E-state index contributed by atoms with van der Waals surface area (Å²) in [5.41, 5.74) is 5.53. The number of hydrogen-bond acceptors (Lipinski definition) is 4. The maximum absolute atomic E-state index is 11.5. The van der Waals surface area contributed by atoms with Crippen LogP contribution in [0.4, 0.5) is 0 Å². The summed E-state index contributed by atoms with van der Waals surface area (Å²) in [5, 5.41) is 11.8. The molecule has 0 bridgehead atoms. The van der Waals surface area contributed by atoms with Crippen molar-refractivity contribution in [2.24, 2.45) is 5.73 Å². The van der Waals surface area contributed by atoms with E-state index in [1.54, 1.807) is 24.3 Å². The molecule has 19 heavy (non-hydrogen) atoms. The van der Waals surface area contributed by atoms with E-state index < -0.39 is 17.9 Å². The number of carbonyl (C=O) groups excluding carboxylic acids is 1. The fourth-order valence-electron chi connectivity index (χ4n) is 1.43. The van der Waals surface area contributed by atoms with Gasteiger partial charge in [0.05, 0.1) is 6.61 Å². The molecule has 0 aromatic heterocycles. The van der Waals surface area contributed by atoms with Crippen LogP contribution in [-0.2, 0) is 14.3 Å². The Bertz CT molecular complexity index is 453. The Morgan fingerprint density at radius 2 is 2.11 bits per heavy atom. The van der Waals surface area contributed by atoms with Crippen molar-refractivity contribution >= 4 is 23.5 Å². The molecule has 7 heteroatoms. The lowest BCUT2D eigenvalue weighted by atomic mass is 10.1. The predicted octanol–water partition coefficient (Wildman–Crippen LogP) is 0.557. The maximum Gasteiger partial charge on any atom is 0.330 e. The van der Waals surface area contributed by atoms with Crippen molar-refractivity contribution < 1.29 is 19.4 Å². The second-order valence-electron chi connectivity index (χ2n) is 3.70. The summed E-state index contributed by atoms with van der Waals surface area (Å²) < 4.78 is 4.93. The van der Waals surface area contributed by atoms with Crippen molar-refractivity contribution in [2.75, 3.05) is 19.8 Å². The number of hydrogen-bond donors (Lipinski definition) is 3. The Balaban J connectivity index is 2.72. The topological polar surface area (TPSA) is 102 Å². The van der Waals surface area contributed by atoms with Gasteiger partial charge in [-0.2, -0.15) is 0 Å². The third kappa shape index (κ3) is 4.86. The Morgan fingerprint density at radius 3 is 2.68 bits per heavy atom. The number of halogens is 1. The summed E-state index contributed by atoms with van der Waals surface area (Å²) >= 11 is 5.91. The molecule has 0 saturated heterocycles. The van der Waals surface area contributed by atoms with Gasteiger partial charge in [-0.3, -0.25) is 4.79 Å². The van der Waals surface area contributed by atoms with Crippen LogP contribution >= 0.6 is 11.6 Å². The first kappa shape index (κ1) is 15.4. The first-order chi connectivity index (χ1) is 9.06. The fraction of sp³-hybridized carbons (Fsp3) is 0.333. The third-order valence-corrected chi connectivity index (χ3v) is 2.61. The molecule has 0 saturated carbocycles. The molecule has 1 aromatic rings. The summed E-state index contributed by atoms with van der Waals surface area (Å²) in [6, 6.07) is 5.22. The number of nitrogens with one attached hydrogen (secondary N) is 1. The van der Waals surface area contributed by atoms with Gasteiger partial charge in [0.1, 0.15) is 6.61 Å². The van der Waals surface area contributed by atoms with Gasteiger partial charge < -0.3 is 20.9 Å². The van der Waals surface area contributed by atoms with E-state index in [0.717, 1.165) is 0 Å². The zero-order valence-electron chi connectivity index (χ0n) is 10.1. The van der Waals surface area contributed by atoms with Crippen LogP contribution < -0.4 is 11.1 Å². The Hall–Kier alpha value is -1.63. The Kier molecular flexibility index (Phi) is 6.27. The van der Waals surface area contributed by atoms with Gasteiger partial charge in [-0.05, 0) is 6.07 Å². The molecular formula is C12H15ClN2O4. The minimum atomic E-state index is -1.21. The number of rotatable bonds is 7. The van der Waals surface area contributed by atoms with Gasteiger partial charge in [0.2, 0.25) is 5.91 Å². The second-order valence-corrected chi connectivity index (χ2v) is 4.11. The third-order valence-electron chi connectivity index (χ3n) is 2.26. The van der Waals surface area contributed by atoms with E-state index in [1.807, 2.05) is 0 Å². The number of aliphatic carboxylic acids is 1. The zero-order chi connectivity index (χ0) is 14.3. The van der Waals surface area contributed by atoms with Gasteiger partial charge in [-0.15, -0.1) is 0 Å². The highest BCUT2D eigenvalue weighted by Gasteiger charge is 2.23. The number of carboxylic acids is 1. The molecule has 0 spiro atoms. The predicted molar refractivity (Wildman–Crippen MR) is 69.8 cm³/mol. The molecule has 0 heterocycles. The average Bonchev–Trinajstić information content (AvgIpc) is 2.37. The highest BCUT2D eigenvalue weighted by molar-refractivity contribution is 6.31. The SMILES string of the molecule is NCCOCC(=O)N[C@@H](C(=O)O)c1ccccc1Cl. The normalized spacial score (nSPS) is 11.9. The van der Waals surface area contributed by atoms with Gasteiger partial charge in [-0.25, -0.2) is 4.79 Å². The number of carbonyl (C=O) groups is 2. The lowest BCUT2D eigenvalue weighted by Crippen LogP contribution is -2.36. The standard InChI is InChI=1S/C12H15ClN2O4/c13-9-4-2-1-3-8(9)11(12(17)18)15-10(16)7-19-6-5-14/h1-4,11H,5-7,14H2,(H,15,16)(H,17,18)/t11-/m1/s1. The molecule has 0 fully saturated rings. The van der Waals surface area contributed by atoms with Crippen molar-refractivity contribution in [3.05, 3.63) is 34.9 Å². The van der Waals surface area contributed by atoms with Crippen LogP contribution in [0, 0.1) is 0 Å². The van der Waals surface area contributed by atoms with Crippen LogP contribution in [0.1, 0.15) is 11.6 Å². The lowest BCUT2D eigenvalue weighted by Gasteiger charge is -2.16. The largest absolute Gasteiger partial charge is 0.479 e. The fourth-order valence-corrected chi connectivity index (χ4v) is 1.68. The summed E-state index contributed by atoms with van der Waals surface area (Å²) in [4.78, 5) is 22.7. The molecule has 104 valence electrons. The van der Waals surface area contributed by atoms with Crippen molar-refractivity contribution in [1.82, 2.24) is 5.32 Å². The minimum absolute atomic E-state index is 0.233. The molecule has 1 atom stereocenters. The Morgan fingerprint density at radius 1 is 1.42 bits per heavy atom. The van der Waals surface area contributed by atoms with Crippen LogP contribution in [-0.4, -0.2) is 36.7 Å². The first-order valence-corrected chi connectivity index (χ1v) is 5.98. The van der Waals surface area contributed by atoms with Gasteiger partial charge in [0.25, 0.3) is 0 Å². The molecule has 0 aliphatic rings. The average molecular weight is 287 g/mol. The zero-order valence-corrected chi connectivity index (χ0v) is 10.9. The number of benzene rings is 1. The molecule has 0 unspecified atom stereocenters. The summed E-state index contributed by atoms with van der Waals surface area (Å²) in [5.74, 6) is -1.74. The number of ether oxygens (including phenoxy) is 1. The molecule has 0 radical (unpaired) electrons. The molecule has 6 nitrogen and oxygen atoms in total. The van der Waals surface area contributed by atoms with E-state index in [4.69, 9.17) is 27.2 Å². The molecule has 0 aliphatic heterocycles. The summed E-state index contributed by atoms with van der Waals surface area (Å²) in [7, 11) is 0. The van der Waals surface area contributed by atoms with Crippen molar-refractivity contribution in [1.29, 1.82) is 0 Å². The van der Waals surface area contributed by atoms with E-state index >= 15 is 0 Å². The number of nitrogens with two attached hydrogens (primary N) is 1. The van der Waals surface area contributed by atoms with E-state index in [1.165, 1.54) is 0 Å². The summed E-state index contributed by atoms with van der Waals surface area (Å²) in [6.45, 7) is 0.281. The second kappa shape index (κ2) is 7.73. The van der Waals surface area contributed by atoms with Crippen molar-refractivity contribution in [2.45, 2.75) is 6.04 Å². The van der Waals surface area contributed by atoms with Crippen molar-refractivity contribution in [3.63, 3.8) is 0 Å². The van der Waals surface area contributed by atoms with E-state index in [0.29, 0.717) is 12.1 Å². The molecule has 1 aromatic carbocycles. The molecule has 1 rings (SSSR count). The minimum Gasteiger partial charge on any atom is -0.479 e. The number of carboxylic acid groups (broad SMARTS) is 1. The monoisotopic (exact) mass is 286 g/mol. The van der Waals surface area contributed by atoms with E-state index in [9.17, 15) is 9.59 Å². The summed E-state index contributed by atoms with van der Waals surface area (Å²) in [6.07, 6.45) is 0.